The zero-order valence-electron chi connectivity index (χ0n) is 39.1. The van der Waals surface area contributed by atoms with E-state index in [0.717, 1.165) is 64.3 Å². The molecule has 6 atom stereocenters. The molecule has 1 amide bonds. The number of ether oxygens (including phenoxy) is 3. The molecule has 1 aliphatic heterocycles. The van der Waals surface area contributed by atoms with Gasteiger partial charge in [-0.05, 0) is 125 Å². The van der Waals surface area contributed by atoms with E-state index in [1.165, 1.54) is 0 Å². The largest absolute Gasteiger partial charge is 0.459 e. The van der Waals surface area contributed by atoms with Gasteiger partial charge in [-0.15, -0.1) is 6.58 Å². The molecule has 6 aromatic carbocycles. The van der Waals surface area contributed by atoms with Gasteiger partial charge in [-0.1, -0.05) is 115 Å². The van der Waals surface area contributed by atoms with Gasteiger partial charge in [-0.2, -0.15) is 5.26 Å². The topological polar surface area (TPSA) is 134 Å². The fourth-order valence-corrected chi connectivity index (χ4v) is 11.1. The van der Waals surface area contributed by atoms with Crippen molar-refractivity contribution in [3.05, 3.63) is 186 Å². The molecule has 1 heterocycles. The van der Waals surface area contributed by atoms with Gasteiger partial charge in [0.1, 0.15) is 30.4 Å². The first kappa shape index (κ1) is 47.1. The van der Waals surface area contributed by atoms with Gasteiger partial charge in [0.05, 0.1) is 29.9 Å². The third-order valence-electron chi connectivity index (χ3n) is 14.2. The number of oxime groups is 1. The average molecular weight is 922 g/mol. The van der Waals surface area contributed by atoms with Crippen molar-refractivity contribution in [2.45, 2.75) is 69.2 Å². The minimum absolute atomic E-state index is 0.0297. The number of allylic oxidation sites excluding steroid dienone is 1. The molecule has 3 aliphatic rings. The molecule has 0 spiro atoms. The third-order valence-corrected chi connectivity index (χ3v) is 14.2. The highest BCUT2D eigenvalue weighted by molar-refractivity contribution is 6.03. The Morgan fingerprint density at radius 3 is 2.30 bits per heavy atom. The van der Waals surface area contributed by atoms with Gasteiger partial charge in [0.25, 0.3) is 5.91 Å². The summed E-state index contributed by atoms with van der Waals surface area (Å²) in [6.07, 6.45) is 8.84. The van der Waals surface area contributed by atoms with Crippen LogP contribution in [0.15, 0.2) is 169 Å². The summed E-state index contributed by atoms with van der Waals surface area (Å²) in [6, 6.07) is 46.8. The molecule has 0 bridgehead atoms. The summed E-state index contributed by atoms with van der Waals surface area (Å²) in [5.74, 6) is -0.410. The number of rotatable bonds is 19. The van der Waals surface area contributed by atoms with Crippen molar-refractivity contribution in [2.24, 2.45) is 22.9 Å². The van der Waals surface area contributed by atoms with Gasteiger partial charge in [-0.25, -0.2) is 0 Å². The van der Waals surface area contributed by atoms with Gasteiger partial charge >= 0.3 is 0 Å². The predicted octanol–water partition coefficient (Wildman–Crippen LogP) is 11.8. The standard InChI is InChI=1S/C59H59N3O7/c1-3-34-67-59-55(62(58(65)44-24-22-40(38-60)23-25-44)39-46-19-13-18-43-16-7-8-20-49(43)46)37-53(61-66-2)51-35-45(17-9-11-32-63)50(21-10-12-33-64)56(57(51)59)52-36-48(30-31-54(52)69-59)68-47-28-26-42(27-29-47)41-14-5-4-6-15-41/h3-8,13-16,18-20,22-31,35-36,45,50,55-57,63-64H,1,9-12,17,21,32-34,37,39H2,2H3. The first-order chi connectivity index (χ1) is 33.9. The quantitative estimate of drug-likeness (QED) is 0.0466. The fourth-order valence-electron chi connectivity index (χ4n) is 11.1. The van der Waals surface area contributed by atoms with E-state index in [2.05, 4.69) is 73.3 Å². The molecule has 0 radical (unpaired) electrons. The van der Waals surface area contributed by atoms with Crippen LogP contribution in [0.3, 0.4) is 0 Å². The van der Waals surface area contributed by atoms with E-state index in [1.807, 2.05) is 65.6 Å². The molecule has 69 heavy (non-hydrogen) atoms. The minimum atomic E-state index is -1.47. The minimum Gasteiger partial charge on any atom is -0.459 e. The average Bonchev–Trinajstić information content (AvgIpc) is 3.39. The van der Waals surface area contributed by atoms with E-state index >= 15 is 4.79 Å². The molecule has 0 saturated heterocycles. The van der Waals surface area contributed by atoms with Crippen LogP contribution in [0.25, 0.3) is 21.9 Å². The molecule has 1 saturated carbocycles. The number of amides is 1. The van der Waals surface area contributed by atoms with E-state index in [-0.39, 0.29) is 56.4 Å². The number of carbonyl (C=O) groups is 1. The van der Waals surface area contributed by atoms with E-state index in [4.69, 9.17) is 24.2 Å². The highest BCUT2D eigenvalue weighted by atomic mass is 16.7. The summed E-state index contributed by atoms with van der Waals surface area (Å²) in [6.45, 7) is 4.61. The first-order valence-electron chi connectivity index (χ1n) is 24.1. The Labute approximate surface area is 404 Å². The Kier molecular flexibility index (Phi) is 14.7. The van der Waals surface area contributed by atoms with E-state index in [1.54, 1.807) is 37.5 Å². The van der Waals surface area contributed by atoms with Crippen molar-refractivity contribution in [3.8, 4) is 34.4 Å². The van der Waals surface area contributed by atoms with Crippen LogP contribution in [0.2, 0.25) is 0 Å². The van der Waals surface area contributed by atoms with Gasteiger partial charge in [0.15, 0.2) is 0 Å². The summed E-state index contributed by atoms with van der Waals surface area (Å²) >= 11 is 0. The number of fused-ring (bicyclic) bond motifs is 3. The van der Waals surface area contributed by atoms with E-state index in [0.29, 0.717) is 46.9 Å². The summed E-state index contributed by atoms with van der Waals surface area (Å²) in [5, 5.41) is 36.7. The van der Waals surface area contributed by atoms with Crippen molar-refractivity contribution < 1.29 is 34.1 Å². The van der Waals surface area contributed by atoms with Crippen molar-refractivity contribution in [1.29, 1.82) is 5.26 Å². The molecule has 2 aliphatic carbocycles. The number of aliphatic hydroxyl groups is 2. The number of nitriles is 1. The van der Waals surface area contributed by atoms with Crippen LogP contribution in [0.1, 0.15) is 77.9 Å². The lowest BCUT2D eigenvalue weighted by molar-refractivity contribution is -0.255. The van der Waals surface area contributed by atoms with Crippen molar-refractivity contribution in [3.63, 3.8) is 0 Å². The lowest BCUT2D eigenvalue weighted by Crippen LogP contribution is -2.70. The zero-order valence-corrected chi connectivity index (χ0v) is 39.1. The SMILES string of the molecule is C=CCOC12Oc3ccc(Oc4ccc(-c5ccccc5)cc4)cc3C3C(CCCCO)C(CCCCO)C=C(C(=NOC)CC1N(Cc1cccc4ccccc14)C(=O)c1ccc(C#N)cc1)C32. The molecule has 2 N–H and O–H groups in total. The molecule has 10 heteroatoms. The second-order valence-electron chi connectivity index (χ2n) is 18.2. The number of hydrogen-bond acceptors (Lipinski definition) is 9. The number of benzene rings is 6. The van der Waals surface area contributed by atoms with Crippen LogP contribution < -0.4 is 9.47 Å². The Bertz CT molecular complexity index is 2850. The smallest absolute Gasteiger partial charge is 0.254 e. The molecular weight excluding hydrogens is 863 g/mol. The number of carbonyl (C=O) groups excluding carboxylic acids is 1. The molecule has 1 fully saturated rings. The molecule has 0 aromatic heterocycles. The number of unbranched alkanes of at least 4 members (excludes halogenated alkanes) is 2. The summed E-state index contributed by atoms with van der Waals surface area (Å²) in [7, 11) is 1.55. The Morgan fingerprint density at radius 2 is 1.57 bits per heavy atom. The van der Waals surface area contributed by atoms with Crippen molar-refractivity contribution >= 4 is 22.4 Å². The number of hydrogen-bond donors (Lipinski definition) is 2. The Hall–Kier alpha value is -7.03. The first-order valence-corrected chi connectivity index (χ1v) is 24.1. The molecular formula is C59H59N3O7. The van der Waals surface area contributed by atoms with Gasteiger partial charge in [0.2, 0.25) is 5.79 Å². The van der Waals surface area contributed by atoms with Crippen LogP contribution >= 0.6 is 0 Å². The zero-order chi connectivity index (χ0) is 47.7. The number of aliphatic hydroxyl groups excluding tert-OH is 2. The van der Waals surface area contributed by atoms with Gasteiger partial charge < -0.3 is 34.2 Å². The lowest BCUT2D eigenvalue weighted by Gasteiger charge is -2.60. The predicted molar refractivity (Wildman–Crippen MR) is 269 cm³/mol. The second kappa shape index (κ2) is 21.5. The van der Waals surface area contributed by atoms with Crippen LogP contribution in [-0.4, -0.2) is 65.5 Å². The monoisotopic (exact) mass is 921 g/mol. The highest BCUT2D eigenvalue weighted by Crippen LogP contribution is 2.62. The summed E-state index contributed by atoms with van der Waals surface area (Å²) in [4.78, 5) is 23.1. The lowest BCUT2D eigenvalue weighted by atomic mass is 9.55. The maximum absolute atomic E-state index is 15.6. The summed E-state index contributed by atoms with van der Waals surface area (Å²) in [5.41, 5.74) is 6.62. The second-order valence-corrected chi connectivity index (χ2v) is 18.2. The van der Waals surface area contributed by atoms with Gasteiger partial charge in [0, 0.05) is 43.2 Å². The maximum atomic E-state index is 15.6. The van der Waals surface area contributed by atoms with Crippen LogP contribution in [0.4, 0.5) is 0 Å². The molecule has 352 valence electrons. The van der Waals surface area contributed by atoms with E-state index < -0.39 is 17.7 Å². The Balaban J connectivity index is 1.23. The number of nitrogens with zero attached hydrogens (tertiary/aromatic N) is 3. The van der Waals surface area contributed by atoms with Crippen LogP contribution in [0.5, 0.6) is 17.2 Å². The molecule has 9 rings (SSSR count). The van der Waals surface area contributed by atoms with Crippen LogP contribution in [0, 0.1) is 29.1 Å². The maximum Gasteiger partial charge on any atom is 0.254 e. The third kappa shape index (κ3) is 9.68. The van der Waals surface area contributed by atoms with Crippen LogP contribution in [-0.2, 0) is 16.1 Å². The fraction of sp³-hybridized carbons (Fsp3) is 0.305. The molecule has 6 aromatic rings. The molecule has 10 nitrogen and oxygen atoms in total. The molecule has 6 unspecified atom stereocenters. The van der Waals surface area contributed by atoms with E-state index in [9.17, 15) is 15.5 Å². The van der Waals surface area contributed by atoms with Crippen molar-refractivity contribution in [2.75, 3.05) is 26.9 Å². The Morgan fingerprint density at radius 1 is 0.855 bits per heavy atom. The normalized spacial score (nSPS) is 21.8. The van der Waals surface area contributed by atoms with Gasteiger partial charge in [-0.3, -0.25) is 4.79 Å². The summed E-state index contributed by atoms with van der Waals surface area (Å²) < 4.78 is 21.4. The highest BCUT2D eigenvalue weighted by Gasteiger charge is 2.65. The van der Waals surface area contributed by atoms with Crippen molar-refractivity contribution in [1.82, 2.24) is 4.90 Å².